The van der Waals surface area contributed by atoms with Crippen molar-refractivity contribution in [3.63, 3.8) is 0 Å². The number of aryl methyl sites for hydroxylation is 1. The summed E-state index contributed by atoms with van der Waals surface area (Å²) in [5.41, 5.74) is 4.19. The Morgan fingerprint density at radius 2 is 1.68 bits per heavy atom. The normalized spacial score (nSPS) is 22.0. The highest BCUT2D eigenvalue weighted by Gasteiger charge is 2.51. The van der Waals surface area contributed by atoms with Crippen LogP contribution in [0.2, 0.25) is 0 Å². The van der Waals surface area contributed by atoms with Gasteiger partial charge < -0.3 is 14.4 Å². The highest BCUT2D eigenvalue weighted by molar-refractivity contribution is 5.95. The first-order valence-corrected chi connectivity index (χ1v) is 15.1. The van der Waals surface area contributed by atoms with Gasteiger partial charge in [-0.05, 0) is 67.2 Å². The molecule has 0 N–H and O–H groups in total. The smallest absolute Gasteiger partial charge is 0.254 e. The summed E-state index contributed by atoms with van der Waals surface area (Å²) in [4.78, 5) is 20.4. The lowest BCUT2D eigenvalue weighted by molar-refractivity contribution is -0.0110. The molecule has 2 aromatic rings. The molecule has 3 aliphatic carbocycles. The molecule has 0 spiro atoms. The van der Waals surface area contributed by atoms with Crippen LogP contribution in [0, 0.1) is 17.3 Å². The molecule has 2 unspecified atom stereocenters. The molecule has 6 nitrogen and oxygen atoms in total. The standard InChI is InChI=1S/C34H47N3O3/c1-34(2)29-13-12-27(32(34)23-29)25-36(14-8-11-26-9-6-5-7-10-26)16-15-35-17-19-37(20-18-35)33(38)28-21-30(39-3)24-31(22-28)40-4/h5-7,9-10,12,21-22,24,29,32H,8,11,13-20,23,25H2,1-4H3. The predicted molar refractivity (Wildman–Crippen MR) is 161 cm³/mol. The molecule has 2 fully saturated rings. The van der Waals surface area contributed by atoms with Crippen LogP contribution in [0.5, 0.6) is 11.5 Å². The van der Waals surface area contributed by atoms with Crippen molar-refractivity contribution < 1.29 is 14.3 Å². The van der Waals surface area contributed by atoms with Crippen LogP contribution in [0.1, 0.15) is 49.0 Å². The molecular formula is C34H47N3O3. The summed E-state index contributed by atoms with van der Waals surface area (Å²) in [6, 6.07) is 16.3. The van der Waals surface area contributed by atoms with Crippen LogP contribution in [0.3, 0.4) is 0 Å². The SMILES string of the molecule is COc1cc(OC)cc(C(=O)N2CCN(CCN(CCCc3ccccc3)CC3=CCC4CC3C4(C)C)CC2)c1. The van der Waals surface area contributed by atoms with Crippen LogP contribution < -0.4 is 9.47 Å². The summed E-state index contributed by atoms with van der Waals surface area (Å²) in [6.07, 6.45) is 7.51. The van der Waals surface area contributed by atoms with Crippen molar-refractivity contribution in [1.82, 2.24) is 14.7 Å². The third-order valence-electron chi connectivity index (χ3n) is 9.76. The minimum absolute atomic E-state index is 0.0463. The van der Waals surface area contributed by atoms with Gasteiger partial charge in [-0.2, -0.15) is 0 Å². The minimum Gasteiger partial charge on any atom is -0.497 e. The molecule has 2 bridgehead atoms. The average molecular weight is 546 g/mol. The Labute approximate surface area is 240 Å². The lowest BCUT2D eigenvalue weighted by atomic mass is 9.49. The number of methoxy groups -OCH3 is 2. The molecule has 6 heteroatoms. The molecule has 1 heterocycles. The minimum atomic E-state index is 0.0463. The number of hydrogen-bond acceptors (Lipinski definition) is 5. The molecule has 2 atom stereocenters. The van der Waals surface area contributed by atoms with Crippen molar-refractivity contribution in [3.05, 3.63) is 71.3 Å². The highest BCUT2D eigenvalue weighted by atomic mass is 16.5. The Bertz CT molecular complexity index is 1150. The second-order valence-electron chi connectivity index (χ2n) is 12.4. The first-order chi connectivity index (χ1) is 19.4. The van der Waals surface area contributed by atoms with Crippen LogP contribution in [-0.2, 0) is 6.42 Å². The van der Waals surface area contributed by atoms with E-state index in [1.54, 1.807) is 38.0 Å². The van der Waals surface area contributed by atoms with E-state index in [0.717, 1.165) is 70.6 Å². The van der Waals surface area contributed by atoms with Gasteiger partial charge in [0.1, 0.15) is 11.5 Å². The van der Waals surface area contributed by atoms with Gasteiger partial charge in [0.2, 0.25) is 0 Å². The van der Waals surface area contributed by atoms with Crippen LogP contribution >= 0.6 is 0 Å². The summed E-state index contributed by atoms with van der Waals surface area (Å²) in [6.45, 7) is 12.6. The Morgan fingerprint density at radius 3 is 2.30 bits per heavy atom. The molecule has 1 saturated carbocycles. The molecule has 0 radical (unpaired) electrons. The van der Waals surface area contributed by atoms with Gasteiger partial charge in [0.15, 0.2) is 0 Å². The first-order valence-electron chi connectivity index (χ1n) is 15.1. The van der Waals surface area contributed by atoms with E-state index in [1.807, 2.05) is 4.90 Å². The summed E-state index contributed by atoms with van der Waals surface area (Å²) in [7, 11) is 3.22. The van der Waals surface area contributed by atoms with Crippen molar-refractivity contribution in [1.29, 1.82) is 0 Å². The van der Waals surface area contributed by atoms with Crippen molar-refractivity contribution in [3.8, 4) is 11.5 Å². The lowest BCUT2D eigenvalue weighted by Gasteiger charge is -2.57. The number of hydrogen-bond donors (Lipinski definition) is 0. The molecular weight excluding hydrogens is 498 g/mol. The molecule has 6 rings (SSSR count). The second kappa shape index (κ2) is 12.8. The van der Waals surface area contributed by atoms with E-state index in [1.165, 1.54) is 24.8 Å². The number of carbonyl (C=O) groups is 1. The second-order valence-corrected chi connectivity index (χ2v) is 12.4. The summed E-state index contributed by atoms with van der Waals surface area (Å²) < 4.78 is 10.7. The van der Waals surface area contributed by atoms with Gasteiger partial charge in [0.25, 0.3) is 5.91 Å². The molecule has 40 heavy (non-hydrogen) atoms. The number of carbonyl (C=O) groups excluding carboxylic acids is 1. The van der Waals surface area contributed by atoms with E-state index >= 15 is 0 Å². The van der Waals surface area contributed by atoms with Gasteiger partial charge >= 0.3 is 0 Å². The topological polar surface area (TPSA) is 45.3 Å². The third kappa shape index (κ3) is 6.55. The average Bonchev–Trinajstić information content (AvgIpc) is 2.99. The van der Waals surface area contributed by atoms with Crippen LogP contribution in [0.15, 0.2) is 60.2 Å². The van der Waals surface area contributed by atoms with Crippen LogP contribution in [0.4, 0.5) is 0 Å². The van der Waals surface area contributed by atoms with Crippen molar-refractivity contribution in [2.75, 3.05) is 66.6 Å². The molecule has 4 aliphatic rings. The quantitative estimate of drug-likeness (QED) is 0.335. The summed E-state index contributed by atoms with van der Waals surface area (Å²) in [5.74, 6) is 2.97. The number of fused-ring (bicyclic) bond motifs is 1. The van der Waals surface area contributed by atoms with E-state index in [4.69, 9.17) is 9.47 Å². The molecule has 1 amide bonds. The molecule has 1 saturated heterocycles. The maximum absolute atomic E-state index is 13.2. The first kappa shape index (κ1) is 28.7. The third-order valence-corrected chi connectivity index (χ3v) is 9.76. The number of allylic oxidation sites excluding steroid dienone is 1. The zero-order valence-corrected chi connectivity index (χ0v) is 24.9. The van der Waals surface area contributed by atoms with Gasteiger partial charge in [-0.1, -0.05) is 55.8 Å². The Hall–Kier alpha value is -2.83. The summed E-state index contributed by atoms with van der Waals surface area (Å²) in [5, 5.41) is 0. The Balaban J connectivity index is 1.15. The van der Waals surface area contributed by atoms with Gasteiger partial charge in [0.05, 0.1) is 14.2 Å². The fourth-order valence-electron chi connectivity index (χ4n) is 6.91. The number of amides is 1. The largest absolute Gasteiger partial charge is 0.497 e. The number of ether oxygens (including phenoxy) is 2. The van der Waals surface area contributed by atoms with Crippen LogP contribution in [0.25, 0.3) is 0 Å². The van der Waals surface area contributed by atoms with E-state index in [2.05, 4.69) is 60.1 Å². The fraction of sp³-hybridized carbons (Fsp3) is 0.559. The van der Waals surface area contributed by atoms with Gasteiger partial charge in [-0.15, -0.1) is 0 Å². The maximum Gasteiger partial charge on any atom is 0.254 e. The van der Waals surface area contributed by atoms with E-state index in [0.29, 0.717) is 22.5 Å². The van der Waals surface area contributed by atoms with Crippen molar-refractivity contribution >= 4 is 5.91 Å². The number of rotatable bonds is 12. The van der Waals surface area contributed by atoms with Gasteiger partial charge in [-0.3, -0.25) is 14.6 Å². The highest BCUT2D eigenvalue weighted by Crippen LogP contribution is 2.59. The molecule has 0 aromatic heterocycles. The maximum atomic E-state index is 13.2. The van der Waals surface area contributed by atoms with Gasteiger partial charge in [0, 0.05) is 57.4 Å². The number of nitrogens with zero attached hydrogens (tertiary/aromatic N) is 3. The number of benzene rings is 2. The molecule has 2 aromatic carbocycles. The van der Waals surface area contributed by atoms with E-state index in [9.17, 15) is 4.79 Å². The molecule has 1 aliphatic heterocycles. The van der Waals surface area contributed by atoms with Crippen LogP contribution in [-0.4, -0.2) is 87.2 Å². The Morgan fingerprint density at radius 1 is 0.975 bits per heavy atom. The zero-order valence-electron chi connectivity index (χ0n) is 24.9. The van der Waals surface area contributed by atoms with Crippen molar-refractivity contribution in [2.24, 2.45) is 17.3 Å². The monoisotopic (exact) mass is 545 g/mol. The number of piperazine rings is 1. The van der Waals surface area contributed by atoms with Crippen molar-refractivity contribution in [2.45, 2.75) is 39.5 Å². The van der Waals surface area contributed by atoms with E-state index < -0.39 is 0 Å². The summed E-state index contributed by atoms with van der Waals surface area (Å²) >= 11 is 0. The molecule has 216 valence electrons. The predicted octanol–water partition coefficient (Wildman–Crippen LogP) is 5.39. The fourth-order valence-corrected chi connectivity index (χ4v) is 6.91. The Kier molecular flexibility index (Phi) is 9.17. The van der Waals surface area contributed by atoms with E-state index in [-0.39, 0.29) is 5.91 Å². The lowest BCUT2D eigenvalue weighted by Crippen LogP contribution is -2.51. The van der Waals surface area contributed by atoms with Gasteiger partial charge in [-0.25, -0.2) is 0 Å². The zero-order chi connectivity index (χ0) is 28.1.